The molecule has 1 amide bonds. The molecule has 0 aliphatic carbocycles. The van der Waals surface area contributed by atoms with Crippen LogP contribution in [0, 0.1) is 18.3 Å². The second-order valence-electron chi connectivity index (χ2n) is 5.03. The van der Waals surface area contributed by atoms with E-state index in [1.807, 2.05) is 6.07 Å². The van der Waals surface area contributed by atoms with Crippen molar-refractivity contribution in [2.45, 2.75) is 13.5 Å². The zero-order valence-corrected chi connectivity index (χ0v) is 13.1. The van der Waals surface area contributed by atoms with Gasteiger partial charge in [0.25, 0.3) is 5.91 Å². The molecule has 23 heavy (non-hydrogen) atoms. The number of furan rings is 1. The lowest BCUT2D eigenvalue weighted by Crippen LogP contribution is -2.26. The van der Waals surface area contributed by atoms with Gasteiger partial charge in [0.15, 0.2) is 0 Å². The molecule has 6 heteroatoms. The Morgan fingerprint density at radius 1 is 1.35 bits per heavy atom. The lowest BCUT2D eigenvalue weighted by Gasteiger charge is -2.15. The smallest absolute Gasteiger partial charge is 0.341 e. The van der Waals surface area contributed by atoms with Crippen molar-refractivity contribution < 1.29 is 18.7 Å². The number of hydrogen-bond donors (Lipinski definition) is 0. The zero-order chi connectivity index (χ0) is 17.0. The first-order chi connectivity index (χ1) is 11.0. The number of benzene rings is 1. The molecule has 6 nitrogen and oxygen atoms in total. The molecule has 2 aromatic rings. The van der Waals surface area contributed by atoms with Crippen LogP contribution in [0.15, 0.2) is 34.7 Å². The van der Waals surface area contributed by atoms with E-state index < -0.39 is 5.97 Å². The van der Waals surface area contributed by atoms with Gasteiger partial charge in [-0.3, -0.25) is 4.79 Å². The summed E-state index contributed by atoms with van der Waals surface area (Å²) in [5, 5.41) is 8.89. The molecule has 0 unspecified atom stereocenters. The standard InChI is InChI=1S/C17H16N2O4/c1-11-15(17(21)22-3)8-14(23-11)10-19(2)16(20)13-6-4-5-12(7-13)9-18/h4-8H,10H2,1-3H3. The van der Waals surface area contributed by atoms with E-state index in [9.17, 15) is 9.59 Å². The lowest BCUT2D eigenvalue weighted by atomic mass is 10.1. The molecule has 118 valence electrons. The van der Waals surface area contributed by atoms with Crippen LogP contribution in [0.25, 0.3) is 0 Å². The van der Waals surface area contributed by atoms with Crippen molar-refractivity contribution in [2.75, 3.05) is 14.2 Å². The molecule has 0 N–H and O–H groups in total. The molecule has 0 aliphatic rings. The maximum Gasteiger partial charge on any atom is 0.341 e. The SMILES string of the molecule is COC(=O)c1cc(CN(C)C(=O)c2cccc(C#N)c2)oc1C. The van der Waals surface area contributed by atoms with E-state index in [2.05, 4.69) is 4.74 Å². The minimum Gasteiger partial charge on any atom is -0.465 e. The molecule has 0 aliphatic heterocycles. The molecule has 0 bridgehead atoms. The summed E-state index contributed by atoms with van der Waals surface area (Å²) in [5.41, 5.74) is 1.18. The first-order valence-corrected chi connectivity index (χ1v) is 6.89. The number of carbonyl (C=O) groups excluding carboxylic acids is 2. The predicted molar refractivity (Wildman–Crippen MR) is 81.7 cm³/mol. The third kappa shape index (κ3) is 3.58. The van der Waals surface area contributed by atoms with Crippen LogP contribution in [-0.4, -0.2) is 30.9 Å². The summed E-state index contributed by atoms with van der Waals surface area (Å²) in [6.07, 6.45) is 0. The van der Waals surface area contributed by atoms with Crippen molar-refractivity contribution in [3.05, 3.63) is 58.5 Å². The number of carbonyl (C=O) groups is 2. The van der Waals surface area contributed by atoms with Crippen molar-refractivity contribution in [3.63, 3.8) is 0 Å². The van der Waals surface area contributed by atoms with Crippen molar-refractivity contribution in [1.29, 1.82) is 5.26 Å². The Morgan fingerprint density at radius 2 is 2.09 bits per heavy atom. The molecule has 0 saturated carbocycles. The number of nitrogens with zero attached hydrogens (tertiary/aromatic N) is 2. The Kier molecular flexibility index (Phi) is 4.82. The average molecular weight is 312 g/mol. The Bertz CT molecular complexity index is 786. The number of amides is 1. The van der Waals surface area contributed by atoms with E-state index in [0.29, 0.717) is 28.2 Å². The van der Waals surface area contributed by atoms with Crippen molar-refractivity contribution in [2.24, 2.45) is 0 Å². The summed E-state index contributed by atoms with van der Waals surface area (Å²) in [5.74, 6) is 0.207. The molecule has 0 radical (unpaired) electrons. The Balaban J connectivity index is 2.15. The van der Waals surface area contributed by atoms with Crippen LogP contribution in [0.3, 0.4) is 0 Å². The van der Waals surface area contributed by atoms with Gasteiger partial charge in [-0.25, -0.2) is 4.79 Å². The van der Waals surface area contributed by atoms with Gasteiger partial charge in [-0.1, -0.05) is 6.07 Å². The Labute approximate surface area is 133 Å². The summed E-state index contributed by atoms with van der Waals surface area (Å²) in [4.78, 5) is 25.4. The highest BCUT2D eigenvalue weighted by Gasteiger charge is 2.18. The monoisotopic (exact) mass is 312 g/mol. The molecule has 0 atom stereocenters. The van der Waals surface area contributed by atoms with Gasteiger partial charge in [0.1, 0.15) is 17.1 Å². The van der Waals surface area contributed by atoms with Crippen LogP contribution in [-0.2, 0) is 11.3 Å². The van der Waals surface area contributed by atoms with Crippen LogP contribution < -0.4 is 0 Å². The zero-order valence-electron chi connectivity index (χ0n) is 13.1. The highest BCUT2D eigenvalue weighted by atomic mass is 16.5. The van der Waals surface area contributed by atoms with Crippen LogP contribution in [0.1, 0.15) is 37.8 Å². The molecule has 2 rings (SSSR count). The first kappa shape index (κ1) is 16.3. The number of esters is 1. The maximum atomic E-state index is 12.4. The summed E-state index contributed by atoms with van der Waals surface area (Å²) in [7, 11) is 2.92. The van der Waals surface area contributed by atoms with Gasteiger partial charge in [0.2, 0.25) is 0 Å². The van der Waals surface area contributed by atoms with Crippen molar-refractivity contribution in [3.8, 4) is 6.07 Å². The van der Waals surface area contributed by atoms with E-state index in [0.717, 1.165) is 0 Å². The fourth-order valence-electron chi connectivity index (χ4n) is 2.18. The van der Waals surface area contributed by atoms with E-state index >= 15 is 0 Å². The number of aryl methyl sites for hydroxylation is 1. The second kappa shape index (κ2) is 6.79. The number of methoxy groups -OCH3 is 1. The summed E-state index contributed by atoms with van der Waals surface area (Å²) in [6.45, 7) is 1.86. The highest BCUT2D eigenvalue weighted by Crippen LogP contribution is 2.18. The third-order valence-electron chi connectivity index (χ3n) is 3.35. The fraction of sp³-hybridized carbons (Fsp3) is 0.235. The molecule has 1 aromatic carbocycles. The van der Waals surface area contributed by atoms with E-state index in [1.54, 1.807) is 38.2 Å². The van der Waals surface area contributed by atoms with Gasteiger partial charge >= 0.3 is 5.97 Å². The van der Waals surface area contributed by atoms with Gasteiger partial charge in [-0.15, -0.1) is 0 Å². The number of nitriles is 1. The topological polar surface area (TPSA) is 83.5 Å². The van der Waals surface area contributed by atoms with Gasteiger partial charge < -0.3 is 14.1 Å². The van der Waals surface area contributed by atoms with Crippen LogP contribution in [0.4, 0.5) is 0 Å². The van der Waals surface area contributed by atoms with Crippen molar-refractivity contribution in [1.82, 2.24) is 4.90 Å². The number of hydrogen-bond acceptors (Lipinski definition) is 5. The minimum absolute atomic E-state index is 0.202. The Hall–Kier alpha value is -3.07. The van der Waals surface area contributed by atoms with Gasteiger partial charge in [0, 0.05) is 12.6 Å². The number of rotatable bonds is 4. The summed E-state index contributed by atoms with van der Waals surface area (Å²) >= 11 is 0. The lowest BCUT2D eigenvalue weighted by molar-refractivity contribution is 0.0598. The van der Waals surface area contributed by atoms with Gasteiger partial charge in [-0.2, -0.15) is 5.26 Å². The van der Waals surface area contributed by atoms with Crippen molar-refractivity contribution >= 4 is 11.9 Å². The largest absolute Gasteiger partial charge is 0.465 e. The maximum absolute atomic E-state index is 12.4. The van der Waals surface area contributed by atoms with Gasteiger partial charge in [0.05, 0.1) is 25.3 Å². The van der Waals surface area contributed by atoms with Gasteiger partial charge in [-0.05, 0) is 31.2 Å². The van der Waals surface area contributed by atoms with E-state index in [4.69, 9.17) is 9.68 Å². The second-order valence-corrected chi connectivity index (χ2v) is 5.03. The summed E-state index contributed by atoms with van der Waals surface area (Å²) in [6, 6.07) is 10.0. The third-order valence-corrected chi connectivity index (χ3v) is 3.35. The summed E-state index contributed by atoms with van der Waals surface area (Å²) < 4.78 is 10.2. The van der Waals surface area contributed by atoms with E-state index in [1.165, 1.54) is 18.1 Å². The molecular weight excluding hydrogens is 296 g/mol. The van der Waals surface area contributed by atoms with Crippen LogP contribution in [0.2, 0.25) is 0 Å². The molecule has 1 heterocycles. The normalized spacial score (nSPS) is 10.0. The quantitative estimate of drug-likeness (QED) is 0.810. The average Bonchev–Trinajstić information content (AvgIpc) is 2.93. The predicted octanol–water partition coefficient (Wildman–Crippen LogP) is 2.52. The van der Waals surface area contributed by atoms with Crippen LogP contribution >= 0.6 is 0 Å². The van der Waals surface area contributed by atoms with Crippen LogP contribution in [0.5, 0.6) is 0 Å². The first-order valence-electron chi connectivity index (χ1n) is 6.89. The van der Waals surface area contributed by atoms with E-state index in [-0.39, 0.29) is 12.5 Å². The Morgan fingerprint density at radius 3 is 2.74 bits per heavy atom. The highest BCUT2D eigenvalue weighted by molar-refractivity contribution is 5.94. The minimum atomic E-state index is -0.479. The molecule has 0 fully saturated rings. The molecule has 1 aromatic heterocycles. The number of ether oxygens (including phenoxy) is 1. The fourth-order valence-corrected chi connectivity index (χ4v) is 2.18. The molecular formula is C17H16N2O4. The molecule has 0 saturated heterocycles. The molecule has 0 spiro atoms.